The first-order valence-electron chi connectivity index (χ1n) is 7.07. The summed E-state index contributed by atoms with van der Waals surface area (Å²) in [4.78, 5) is 5.81. The molecule has 1 aromatic heterocycles. The van der Waals surface area contributed by atoms with Crippen molar-refractivity contribution >= 4 is 58.8 Å². The van der Waals surface area contributed by atoms with Crippen LogP contribution in [-0.2, 0) is 9.47 Å². The molecule has 0 saturated carbocycles. The molecule has 4 nitrogen and oxygen atoms in total. The van der Waals surface area contributed by atoms with Crippen molar-refractivity contribution in [2.45, 2.75) is 9.79 Å². The van der Waals surface area contributed by atoms with E-state index in [-0.39, 0.29) is 6.61 Å². The smallest absolute Gasteiger partial charge is 0.0707 e. The standard InChI is InChI=1S/C14H17NO3S5/c16-1-2-17-3-4-18-5-6-19-12-9-20-13(23-12)14-21-10-7-15-8-11(10)22-14/h7-9,15-16H,1-6H2. The molecule has 1 aromatic rings. The normalized spacial score (nSPS) is 17.0. The van der Waals surface area contributed by atoms with Crippen LogP contribution in [0.5, 0.6) is 0 Å². The highest BCUT2D eigenvalue weighted by Gasteiger charge is 2.25. The topological polar surface area (TPSA) is 54.5 Å². The molecule has 0 unspecified atom stereocenters. The van der Waals surface area contributed by atoms with Gasteiger partial charge in [-0.1, -0.05) is 47.0 Å². The molecule has 3 rings (SSSR count). The minimum atomic E-state index is 0.0678. The van der Waals surface area contributed by atoms with E-state index in [0.29, 0.717) is 19.8 Å². The van der Waals surface area contributed by atoms with E-state index in [2.05, 4.69) is 22.8 Å². The lowest BCUT2D eigenvalue weighted by molar-refractivity contribution is 0.0377. The Morgan fingerprint density at radius 3 is 2.43 bits per heavy atom. The number of aliphatic hydroxyl groups excluding tert-OH is 1. The van der Waals surface area contributed by atoms with Gasteiger partial charge in [0.2, 0.25) is 0 Å². The first-order valence-corrected chi connectivity index (χ1v) is 11.4. The minimum absolute atomic E-state index is 0.0678. The number of aromatic nitrogens is 1. The minimum Gasteiger partial charge on any atom is -0.394 e. The van der Waals surface area contributed by atoms with Gasteiger partial charge < -0.3 is 19.6 Å². The quantitative estimate of drug-likeness (QED) is 0.585. The van der Waals surface area contributed by atoms with Crippen LogP contribution < -0.4 is 0 Å². The lowest BCUT2D eigenvalue weighted by Gasteiger charge is -2.05. The highest BCUT2D eigenvalue weighted by Crippen LogP contribution is 2.60. The van der Waals surface area contributed by atoms with Gasteiger partial charge in [-0.2, -0.15) is 0 Å². The number of hydrogen-bond donors (Lipinski definition) is 2. The Balaban J connectivity index is 1.31. The predicted octanol–water partition coefficient (Wildman–Crippen LogP) is 4.38. The second kappa shape index (κ2) is 9.76. The van der Waals surface area contributed by atoms with Crippen molar-refractivity contribution in [3.63, 3.8) is 0 Å². The molecule has 2 aliphatic heterocycles. The number of rotatable bonds is 9. The Kier molecular flexibility index (Phi) is 7.72. The maximum atomic E-state index is 8.58. The molecular formula is C14H17NO3S5. The molecule has 0 atom stereocenters. The molecular weight excluding hydrogens is 390 g/mol. The van der Waals surface area contributed by atoms with E-state index >= 15 is 0 Å². The number of fused-ring (bicyclic) bond motifs is 1. The Morgan fingerprint density at radius 2 is 1.70 bits per heavy atom. The van der Waals surface area contributed by atoms with Gasteiger partial charge in [-0.05, 0) is 5.41 Å². The van der Waals surface area contributed by atoms with Crippen molar-refractivity contribution in [1.82, 2.24) is 4.98 Å². The molecule has 23 heavy (non-hydrogen) atoms. The first kappa shape index (κ1) is 18.2. The van der Waals surface area contributed by atoms with Crippen LogP contribution in [0.3, 0.4) is 0 Å². The largest absolute Gasteiger partial charge is 0.394 e. The maximum absolute atomic E-state index is 8.58. The average Bonchev–Trinajstić information content (AvgIpc) is 3.24. The number of H-pyrrole nitrogens is 1. The number of nitrogens with one attached hydrogen (secondary N) is 1. The summed E-state index contributed by atoms with van der Waals surface area (Å²) in [5, 5.41) is 10.8. The molecule has 0 fully saturated rings. The molecule has 0 radical (unpaired) electrons. The third-order valence-electron chi connectivity index (χ3n) is 2.78. The van der Waals surface area contributed by atoms with Crippen LogP contribution in [-0.4, -0.2) is 48.9 Å². The molecule has 126 valence electrons. The fourth-order valence-electron chi connectivity index (χ4n) is 1.78. The van der Waals surface area contributed by atoms with Crippen molar-refractivity contribution in [3.05, 3.63) is 30.5 Å². The highest BCUT2D eigenvalue weighted by molar-refractivity contribution is 8.37. The summed E-state index contributed by atoms with van der Waals surface area (Å²) in [6.45, 7) is 2.30. The molecule has 0 spiro atoms. The van der Waals surface area contributed by atoms with Crippen LogP contribution in [0, 0.1) is 0 Å². The highest BCUT2D eigenvalue weighted by atomic mass is 32.2. The zero-order chi connectivity index (χ0) is 15.9. The maximum Gasteiger partial charge on any atom is 0.0707 e. The second-order valence-corrected chi connectivity index (χ2v) is 10.4. The van der Waals surface area contributed by atoms with Gasteiger partial charge in [-0.15, -0.1) is 11.8 Å². The molecule has 0 aromatic carbocycles. The second-order valence-electron chi connectivity index (χ2n) is 4.42. The molecule has 0 aliphatic carbocycles. The molecule has 2 aliphatic rings. The molecule has 3 heterocycles. The number of thioether (sulfide) groups is 5. The molecule has 9 heteroatoms. The third kappa shape index (κ3) is 5.43. The van der Waals surface area contributed by atoms with Gasteiger partial charge in [-0.25, -0.2) is 0 Å². The Bertz CT molecular complexity index is 564. The molecule has 0 amide bonds. The van der Waals surface area contributed by atoms with E-state index in [9.17, 15) is 0 Å². The van der Waals surface area contributed by atoms with Gasteiger partial charge >= 0.3 is 0 Å². The van der Waals surface area contributed by atoms with Crippen LogP contribution in [0.4, 0.5) is 0 Å². The van der Waals surface area contributed by atoms with Crippen LogP contribution in [0.15, 0.2) is 40.3 Å². The van der Waals surface area contributed by atoms with Crippen molar-refractivity contribution in [2.24, 2.45) is 0 Å². The van der Waals surface area contributed by atoms with Crippen molar-refractivity contribution in [2.75, 3.05) is 38.8 Å². The van der Waals surface area contributed by atoms with Crippen LogP contribution in [0.1, 0.15) is 0 Å². The van der Waals surface area contributed by atoms with Crippen LogP contribution >= 0.6 is 58.8 Å². The number of aromatic amines is 1. The molecule has 0 saturated heterocycles. The van der Waals surface area contributed by atoms with Gasteiger partial charge in [0.05, 0.1) is 45.7 Å². The van der Waals surface area contributed by atoms with E-state index in [1.807, 2.05) is 58.8 Å². The van der Waals surface area contributed by atoms with E-state index in [1.54, 1.807) is 0 Å². The number of hydrogen-bond acceptors (Lipinski definition) is 8. The van der Waals surface area contributed by atoms with Crippen molar-refractivity contribution < 1.29 is 14.6 Å². The summed E-state index contributed by atoms with van der Waals surface area (Å²) < 4.78 is 14.8. The first-order chi connectivity index (χ1) is 11.4. The summed E-state index contributed by atoms with van der Waals surface area (Å²) in [6, 6.07) is 0. The van der Waals surface area contributed by atoms with Crippen molar-refractivity contribution in [1.29, 1.82) is 0 Å². The predicted molar refractivity (Wildman–Crippen MR) is 104 cm³/mol. The van der Waals surface area contributed by atoms with Gasteiger partial charge in [0.1, 0.15) is 0 Å². The Morgan fingerprint density at radius 1 is 0.957 bits per heavy atom. The van der Waals surface area contributed by atoms with E-state index < -0.39 is 0 Å². The third-order valence-corrected chi connectivity index (χ3v) is 9.51. The lowest BCUT2D eigenvalue weighted by atomic mass is 10.7. The van der Waals surface area contributed by atoms with Crippen LogP contribution in [0.25, 0.3) is 0 Å². The van der Waals surface area contributed by atoms with E-state index in [0.717, 1.165) is 12.4 Å². The fourth-order valence-corrected chi connectivity index (χ4v) is 8.14. The molecule has 0 bridgehead atoms. The summed E-state index contributed by atoms with van der Waals surface area (Å²) in [5.74, 6) is 0.947. The van der Waals surface area contributed by atoms with Crippen LogP contribution in [0.2, 0.25) is 0 Å². The zero-order valence-electron chi connectivity index (χ0n) is 12.3. The average molecular weight is 408 g/mol. The monoisotopic (exact) mass is 407 g/mol. The SMILES string of the molecule is OCCOCCOCCSC1=CSC(=C2Sc3c[nH]cc3S2)S1. The Labute approximate surface area is 157 Å². The van der Waals surface area contributed by atoms with Crippen molar-refractivity contribution in [3.8, 4) is 0 Å². The number of ether oxygens (including phenoxy) is 2. The van der Waals surface area contributed by atoms with Gasteiger partial charge in [-0.3, -0.25) is 0 Å². The molecule has 2 N–H and O–H groups in total. The summed E-state index contributed by atoms with van der Waals surface area (Å²) in [5.41, 5.74) is 0. The Hall–Kier alpha value is 0.390. The van der Waals surface area contributed by atoms with Gasteiger partial charge in [0.25, 0.3) is 0 Å². The summed E-state index contributed by atoms with van der Waals surface area (Å²) in [7, 11) is 0. The zero-order valence-corrected chi connectivity index (χ0v) is 16.4. The van der Waals surface area contributed by atoms with E-state index in [4.69, 9.17) is 14.6 Å². The number of aliphatic hydroxyl groups is 1. The van der Waals surface area contributed by atoms with E-state index in [1.165, 1.54) is 22.5 Å². The van der Waals surface area contributed by atoms with Gasteiger partial charge in [0.15, 0.2) is 0 Å². The fraction of sp³-hybridized carbons (Fsp3) is 0.429. The summed E-state index contributed by atoms with van der Waals surface area (Å²) >= 11 is 9.23. The summed E-state index contributed by atoms with van der Waals surface area (Å²) in [6.07, 6.45) is 4.13. The lowest BCUT2D eigenvalue weighted by Crippen LogP contribution is -2.08. The van der Waals surface area contributed by atoms with Gasteiger partial charge in [0, 0.05) is 27.9 Å².